The van der Waals surface area contributed by atoms with Crippen LogP contribution in [0.2, 0.25) is 0 Å². The van der Waals surface area contributed by atoms with Crippen molar-refractivity contribution in [2.75, 3.05) is 6.54 Å². The Morgan fingerprint density at radius 1 is 0.692 bits per heavy atom. The molecule has 2 aromatic carbocycles. The summed E-state index contributed by atoms with van der Waals surface area (Å²) < 4.78 is 27.7. The summed E-state index contributed by atoms with van der Waals surface area (Å²) in [6.45, 7) is 2.75. The lowest BCUT2D eigenvalue weighted by molar-refractivity contribution is -0.112. The van der Waals surface area contributed by atoms with E-state index in [0.717, 1.165) is 31.4 Å². The van der Waals surface area contributed by atoms with Crippen LogP contribution in [0.3, 0.4) is 0 Å². The standard InChI is InChI=1S/C33H43F2NO3/c1-2-3-4-5-6-7-8-9-10-11-12-13-14-17-22-36-30(24-20-21-27(34)28(35)23-24)29-31(37)25-18-15-16-19-26(25)32(38)33(29)39/h15-16,18-21,23,30,36-37H,2-14,17,22H2,1H3. The van der Waals surface area contributed by atoms with E-state index in [0.29, 0.717) is 6.54 Å². The zero-order valence-corrected chi connectivity index (χ0v) is 23.2. The summed E-state index contributed by atoms with van der Waals surface area (Å²) in [6, 6.07) is 8.81. The molecule has 0 spiro atoms. The van der Waals surface area contributed by atoms with Gasteiger partial charge in [-0.3, -0.25) is 9.59 Å². The zero-order chi connectivity index (χ0) is 28.0. The molecule has 3 rings (SSSR count). The van der Waals surface area contributed by atoms with Crippen molar-refractivity contribution in [2.45, 2.75) is 103 Å². The maximum absolute atomic E-state index is 14.1. The quantitative estimate of drug-likeness (QED) is 0.147. The minimum atomic E-state index is -1.05. The van der Waals surface area contributed by atoms with Crippen LogP contribution in [0.4, 0.5) is 8.78 Å². The van der Waals surface area contributed by atoms with E-state index in [9.17, 15) is 23.5 Å². The van der Waals surface area contributed by atoms with Gasteiger partial charge in [-0.25, -0.2) is 8.78 Å². The number of fused-ring (bicyclic) bond motifs is 1. The van der Waals surface area contributed by atoms with Crippen LogP contribution in [0.1, 0.15) is 124 Å². The number of carbonyl (C=O) groups is 2. The highest BCUT2D eigenvalue weighted by Crippen LogP contribution is 2.35. The topological polar surface area (TPSA) is 66.4 Å². The Bertz CT molecular complexity index is 1130. The molecule has 1 aliphatic carbocycles. The van der Waals surface area contributed by atoms with Crippen LogP contribution in [-0.2, 0) is 4.79 Å². The number of Topliss-reactive ketones (excluding diaryl/α,β-unsaturated/α-hetero) is 2. The molecule has 1 aliphatic rings. The molecule has 0 amide bonds. The van der Waals surface area contributed by atoms with E-state index in [1.54, 1.807) is 18.2 Å². The third-order valence-corrected chi connectivity index (χ3v) is 7.58. The van der Waals surface area contributed by atoms with Crippen molar-refractivity contribution in [1.29, 1.82) is 0 Å². The van der Waals surface area contributed by atoms with Crippen LogP contribution in [0.25, 0.3) is 5.76 Å². The van der Waals surface area contributed by atoms with Gasteiger partial charge in [-0.1, -0.05) is 121 Å². The second kappa shape index (κ2) is 16.3. The van der Waals surface area contributed by atoms with Gasteiger partial charge in [-0.15, -0.1) is 0 Å². The predicted octanol–water partition coefficient (Wildman–Crippen LogP) is 8.81. The van der Waals surface area contributed by atoms with Crippen LogP contribution in [0.5, 0.6) is 0 Å². The number of nitrogens with one attached hydrogen (secondary N) is 1. The molecule has 1 unspecified atom stereocenters. The van der Waals surface area contributed by atoms with E-state index in [1.807, 2.05) is 0 Å². The van der Waals surface area contributed by atoms with Gasteiger partial charge in [0.1, 0.15) is 5.76 Å². The molecular formula is C33H43F2NO3. The highest BCUT2D eigenvalue weighted by atomic mass is 19.2. The number of benzene rings is 2. The van der Waals surface area contributed by atoms with Gasteiger partial charge < -0.3 is 10.4 Å². The molecule has 0 saturated heterocycles. The number of ketones is 2. The van der Waals surface area contributed by atoms with Crippen molar-refractivity contribution in [2.24, 2.45) is 0 Å². The number of aliphatic hydroxyl groups is 1. The van der Waals surface area contributed by atoms with Crippen LogP contribution in [0.15, 0.2) is 48.0 Å². The molecule has 2 N–H and O–H groups in total. The number of unbranched alkanes of at least 4 members (excludes halogenated alkanes) is 13. The predicted molar refractivity (Wildman–Crippen MR) is 153 cm³/mol. The summed E-state index contributed by atoms with van der Waals surface area (Å²) in [4.78, 5) is 25.8. The van der Waals surface area contributed by atoms with Crippen LogP contribution >= 0.6 is 0 Å². The first-order valence-electron chi connectivity index (χ1n) is 14.8. The van der Waals surface area contributed by atoms with E-state index in [4.69, 9.17) is 0 Å². The third kappa shape index (κ3) is 8.82. The normalized spacial score (nSPS) is 14.1. The van der Waals surface area contributed by atoms with Gasteiger partial charge in [0.15, 0.2) is 11.6 Å². The summed E-state index contributed by atoms with van der Waals surface area (Å²) >= 11 is 0. The van der Waals surface area contributed by atoms with E-state index in [2.05, 4.69) is 12.2 Å². The second-order valence-electron chi connectivity index (χ2n) is 10.6. The fourth-order valence-electron chi connectivity index (χ4n) is 5.30. The summed E-state index contributed by atoms with van der Waals surface area (Å²) in [5.41, 5.74) is 0.555. The highest BCUT2D eigenvalue weighted by molar-refractivity contribution is 6.52. The fraction of sp³-hybridized carbons (Fsp3) is 0.515. The first-order chi connectivity index (χ1) is 19.0. The van der Waals surface area contributed by atoms with Gasteiger partial charge >= 0.3 is 0 Å². The monoisotopic (exact) mass is 539 g/mol. The summed E-state index contributed by atoms with van der Waals surface area (Å²) in [6.07, 6.45) is 17.3. The molecular weight excluding hydrogens is 496 g/mol. The maximum Gasteiger partial charge on any atom is 0.235 e. The highest BCUT2D eigenvalue weighted by Gasteiger charge is 2.37. The molecule has 0 aliphatic heterocycles. The number of hydrogen-bond acceptors (Lipinski definition) is 4. The Balaban J connectivity index is 1.50. The first-order valence-corrected chi connectivity index (χ1v) is 14.8. The molecule has 2 aromatic rings. The number of carbonyl (C=O) groups excluding carboxylic acids is 2. The molecule has 39 heavy (non-hydrogen) atoms. The van der Waals surface area contributed by atoms with Crippen molar-refractivity contribution < 1.29 is 23.5 Å². The SMILES string of the molecule is CCCCCCCCCCCCCCCCNC(C1=C(O)c2ccccc2C(=O)C1=O)c1ccc(F)c(F)c1. The average molecular weight is 540 g/mol. The van der Waals surface area contributed by atoms with Gasteiger partial charge in [0.25, 0.3) is 0 Å². The minimum Gasteiger partial charge on any atom is -0.507 e. The van der Waals surface area contributed by atoms with Crippen LogP contribution < -0.4 is 5.32 Å². The Morgan fingerprint density at radius 2 is 1.23 bits per heavy atom. The second-order valence-corrected chi connectivity index (χ2v) is 10.6. The van der Waals surface area contributed by atoms with Crippen molar-refractivity contribution in [1.82, 2.24) is 5.32 Å². The number of hydrogen-bond donors (Lipinski definition) is 2. The van der Waals surface area contributed by atoms with Crippen molar-refractivity contribution in [3.8, 4) is 0 Å². The van der Waals surface area contributed by atoms with E-state index >= 15 is 0 Å². The summed E-state index contributed by atoms with van der Waals surface area (Å²) in [7, 11) is 0. The molecule has 212 valence electrons. The molecule has 1 atom stereocenters. The number of aliphatic hydroxyl groups excluding tert-OH is 1. The smallest absolute Gasteiger partial charge is 0.235 e. The number of halogens is 2. The average Bonchev–Trinajstić information content (AvgIpc) is 2.94. The maximum atomic E-state index is 14.1. The molecule has 0 heterocycles. The lowest BCUT2D eigenvalue weighted by Crippen LogP contribution is -2.34. The van der Waals surface area contributed by atoms with Crippen molar-refractivity contribution >= 4 is 17.3 Å². The summed E-state index contributed by atoms with van der Waals surface area (Å²) in [5.74, 6) is -3.91. The van der Waals surface area contributed by atoms with Crippen LogP contribution in [-0.4, -0.2) is 23.2 Å². The van der Waals surface area contributed by atoms with Crippen molar-refractivity contribution in [3.63, 3.8) is 0 Å². The molecule has 0 radical (unpaired) electrons. The molecule has 0 bridgehead atoms. The lowest BCUT2D eigenvalue weighted by atomic mass is 9.83. The molecule has 0 fully saturated rings. The van der Waals surface area contributed by atoms with E-state index in [1.165, 1.54) is 82.8 Å². The largest absolute Gasteiger partial charge is 0.507 e. The zero-order valence-electron chi connectivity index (χ0n) is 23.2. The Hall–Kier alpha value is -2.86. The fourth-order valence-corrected chi connectivity index (χ4v) is 5.30. The van der Waals surface area contributed by atoms with Crippen molar-refractivity contribution in [3.05, 3.63) is 76.4 Å². The Morgan fingerprint density at radius 3 is 1.79 bits per heavy atom. The molecule has 6 heteroatoms. The van der Waals surface area contributed by atoms with Gasteiger partial charge in [-0.2, -0.15) is 0 Å². The number of rotatable bonds is 18. The van der Waals surface area contributed by atoms with Gasteiger partial charge in [0, 0.05) is 11.1 Å². The van der Waals surface area contributed by atoms with Crippen LogP contribution in [0, 0.1) is 11.6 Å². The van der Waals surface area contributed by atoms with E-state index in [-0.39, 0.29) is 28.0 Å². The van der Waals surface area contributed by atoms with E-state index < -0.39 is 29.2 Å². The first kappa shape index (κ1) is 30.7. The molecule has 0 saturated carbocycles. The molecule has 4 nitrogen and oxygen atoms in total. The Kier molecular flexibility index (Phi) is 12.8. The lowest BCUT2D eigenvalue weighted by Gasteiger charge is -2.26. The third-order valence-electron chi connectivity index (χ3n) is 7.58. The van der Waals surface area contributed by atoms with Gasteiger partial charge in [0.2, 0.25) is 11.6 Å². The summed E-state index contributed by atoms with van der Waals surface area (Å²) in [5, 5.41) is 14.2. The van der Waals surface area contributed by atoms with Gasteiger partial charge in [-0.05, 0) is 30.7 Å². The Labute approximate surface area is 231 Å². The van der Waals surface area contributed by atoms with Gasteiger partial charge in [0.05, 0.1) is 11.6 Å². The minimum absolute atomic E-state index is 0.130. The molecule has 0 aromatic heterocycles.